The van der Waals surface area contributed by atoms with E-state index in [9.17, 15) is 23.9 Å². The zero-order valence-corrected chi connectivity index (χ0v) is 17.8. The second-order valence-corrected chi connectivity index (χ2v) is 8.74. The largest absolute Gasteiger partial charge is 0.462 e. The molecule has 0 amide bonds. The second-order valence-electron chi connectivity index (χ2n) is 8.74. The summed E-state index contributed by atoms with van der Waals surface area (Å²) in [7, 11) is 0. The van der Waals surface area contributed by atoms with Crippen LogP contribution < -0.4 is 0 Å². The fourth-order valence-corrected chi connectivity index (χ4v) is 5.21. The number of fused-ring (bicyclic) bond motifs is 1. The Hall–Kier alpha value is -3.11. The highest BCUT2D eigenvalue weighted by molar-refractivity contribution is 5.80. The molecule has 166 valence electrons. The smallest absolute Gasteiger partial charge is 0.315 e. The maximum atomic E-state index is 14.9. The molecule has 2 aromatic rings. The quantitative estimate of drug-likeness (QED) is 0.713. The summed E-state index contributed by atoms with van der Waals surface area (Å²) in [6, 6.07) is 12.9. The summed E-state index contributed by atoms with van der Waals surface area (Å²) in [4.78, 5) is 16.8. The van der Waals surface area contributed by atoms with Crippen LogP contribution in [0.15, 0.2) is 48.7 Å². The number of hydrogen-bond donors (Lipinski definition) is 1. The van der Waals surface area contributed by atoms with Crippen LogP contribution in [-0.4, -0.2) is 34.7 Å². The number of ether oxygens (including phenoxy) is 1. The number of allylic oxidation sites excluding steroid dienone is 1. The number of alkyl halides is 2. The number of cyclic esters (lactones) is 1. The summed E-state index contributed by atoms with van der Waals surface area (Å²) in [6.07, 6.45) is 3.69. The molecule has 5 atom stereocenters. The standard InChI is InChI=1S/C25H24F2N2O3/c1-15-20(22-16(2)32-23(31)24(22,14-30)13-25(15,26)27)10-9-19-8-7-18(12-29-19)21-6-4-3-5-17(21)11-28/h3-10,12,15-16,20,22,30H,13-14H2,1-2H3/b10-9+/t15-,16+,20-,22-,24-/m0/s1. The molecule has 1 aromatic carbocycles. The summed E-state index contributed by atoms with van der Waals surface area (Å²) < 4.78 is 35.0. The van der Waals surface area contributed by atoms with Crippen molar-refractivity contribution in [3.63, 3.8) is 0 Å². The number of esters is 1. The molecule has 5 nitrogen and oxygen atoms in total. The number of halogens is 2. The predicted octanol–water partition coefficient (Wildman–Crippen LogP) is 4.46. The molecule has 0 unspecified atom stereocenters. The highest BCUT2D eigenvalue weighted by Crippen LogP contribution is 2.59. The van der Waals surface area contributed by atoms with Gasteiger partial charge in [-0.25, -0.2) is 8.78 Å². The van der Waals surface area contributed by atoms with Crippen molar-refractivity contribution in [2.45, 2.75) is 32.3 Å². The molecule has 0 spiro atoms. The fraction of sp³-hybridized carbons (Fsp3) is 0.400. The van der Waals surface area contributed by atoms with E-state index in [1.165, 1.54) is 6.92 Å². The van der Waals surface area contributed by atoms with E-state index in [-0.39, 0.29) is 0 Å². The molecule has 2 heterocycles. The van der Waals surface area contributed by atoms with Crippen molar-refractivity contribution in [3.05, 3.63) is 59.9 Å². The van der Waals surface area contributed by atoms with Crippen LogP contribution in [0.25, 0.3) is 17.2 Å². The van der Waals surface area contributed by atoms with Gasteiger partial charge in [0.05, 0.1) is 23.9 Å². The SMILES string of the molecule is C[C@H]1OC(=O)[C@]2(CO)CC(F)(F)[C@@H](C)[C@H](/C=C/c3ccc(-c4ccccc4C#N)cn3)[C@H]12. The van der Waals surface area contributed by atoms with Crippen molar-refractivity contribution >= 4 is 12.0 Å². The monoisotopic (exact) mass is 438 g/mol. The van der Waals surface area contributed by atoms with Crippen LogP contribution in [0.4, 0.5) is 8.78 Å². The summed E-state index contributed by atoms with van der Waals surface area (Å²) in [5.41, 5.74) is 1.05. The number of carbonyl (C=O) groups is 1. The molecule has 1 N–H and O–H groups in total. The average molecular weight is 438 g/mol. The number of rotatable bonds is 4. The first kappa shape index (κ1) is 22.1. The molecule has 1 saturated carbocycles. The molecule has 2 aliphatic rings. The number of aromatic nitrogens is 1. The molecule has 1 saturated heterocycles. The van der Waals surface area contributed by atoms with Crippen LogP contribution in [-0.2, 0) is 9.53 Å². The van der Waals surface area contributed by atoms with E-state index in [4.69, 9.17) is 4.74 Å². The number of pyridine rings is 1. The molecular weight excluding hydrogens is 414 g/mol. The third kappa shape index (κ3) is 3.49. The summed E-state index contributed by atoms with van der Waals surface area (Å²) >= 11 is 0. The Labute approximate surface area is 185 Å². The lowest BCUT2D eigenvalue weighted by atomic mass is 9.57. The third-order valence-corrected chi connectivity index (χ3v) is 6.97. The number of nitriles is 1. The van der Waals surface area contributed by atoms with Crippen LogP contribution in [0, 0.1) is 34.5 Å². The van der Waals surface area contributed by atoms with Crippen molar-refractivity contribution in [1.29, 1.82) is 5.26 Å². The first-order valence-corrected chi connectivity index (χ1v) is 10.6. The number of nitrogens with zero attached hydrogens (tertiary/aromatic N) is 2. The van der Waals surface area contributed by atoms with E-state index < -0.39 is 54.2 Å². The van der Waals surface area contributed by atoms with Gasteiger partial charge >= 0.3 is 5.97 Å². The molecule has 0 radical (unpaired) electrons. The van der Waals surface area contributed by atoms with Crippen LogP contribution >= 0.6 is 0 Å². The molecular formula is C25H24F2N2O3. The Morgan fingerprint density at radius 3 is 2.69 bits per heavy atom. The topological polar surface area (TPSA) is 83.2 Å². The van der Waals surface area contributed by atoms with Crippen LogP contribution in [0.2, 0.25) is 0 Å². The highest BCUT2D eigenvalue weighted by atomic mass is 19.3. The molecule has 32 heavy (non-hydrogen) atoms. The highest BCUT2D eigenvalue weighted by Gasteiger charge is 2.67. The van der Waals surface area contributed by atoms with Gasteiger partial charge in [-0.3, -0.25) is 9.78 Å². The summed E-state index contributed by atoms with van der Waals surface area (Å²) in [5, 5.41) is 19.2. The predicted molar refractivity (Wildman–Crippen MR) is 114 cm³/mol. The van der Waals surface area contributed by atoms with E-state index in [1.54, 1.807) is 43.5 Å². The molecule has 0 bridgehead atoms. The Bertz CT molecular complexity index is 1090. The molecule has 2 fully saturated rings. The van der Waals surface area contributed by atoms with Gasteiger partial charge in [-0.2, -0.15) is 5.26 Å². The lowest BCUT2D eigenvalue weighted by Gasteiger charge is -2.47. The fourth-order valence-electron chi connectivity index (χ4n) is 5.21. The van der Waals surface area contributed by atoms with Gasteiger partial charge in [0.15, 0.2) is 0 Å². The number of hydrogen-bond acceptors (Lipinski definition) is 5. The maximum absolute atomic E-state index is 14.9. The minimum absolute atomic E-state index is 0.538. The van der Waals surface area contributed by atoms with Crippen molar-refractivity contribution in [1.82, 2.24) is 4.98 Å². The Balaban J connectivity index is 1.64. The van der Waals surface area contributed by atoms with Gasteiger partial charge < -0.3 is 9.84 Å². The van der Waals surface area contributed by atoms with Gasteiger partial charge in [-0.05, 0) is 31.1 Å². The van der Waals surface area contributed by atoms with Gasteiger partial charge in [-0.1, -0.05) is 37.3 Å². The van der Waals surface area contributed by atoms with Gasteiger partial charge in [0, 0.05) is 35.6 Å². The second kappa shape index (κ2) is 8.10. The molecule has 1 aliphatic heterocycles. The lowest BCUT2D eigenvalue weighted by Crippen LogP contribution is -2.55. The zero-order valence-electron chi connectivity index (χ0n) is 17.8. The summed E-state index contributed by atoms with van der Waals surface area (Å²) in [5.74, 6) is -6.11. The molecule has 1 aliphatic carbocycles. The zero-order chi connectivity index (χ0) is 23.1. The van der Waals surface area contributed by atoms with Gasteiger partial charge in [0.25, 0.3) is 5.92 Å². The first-order chi connectivity index (χ1) is 15.2. The number of carbonyl (C=O) groups excluding carboxylic acids is 1. The third-order valence-electron chi connectivity index (χ3n) is 6.97. The van der Waals surface area contributed by atoms with Crippen molar-refractivity contribution in [3.8, 4) is 17.2 Å². The minimum Gasteiger partial charge on any atom is -0.462 e. The average Bonchev–Trinajstić information content (AvgIpc) is 3.03. The summed E-state index contributed by atoms with van der Waals surface area (Å²) in [6.45, 7) is 2.50. The van der Waals surface area contributed by atoms with E-state index in [0.717, 1.165) is 11.1 Å². The Kier molecular flexibility index (Phi) is 5.59. The van der Waals surface area contributed by atoms with Crippen LogP contribution in [0.1, 0.15) is 31.5 Å². The molecule has 7 heteroatoms. The van der Waals surface area contributed by atoms with Crippen LogP contribution in [0.5, 0.6) is 0 Å². The van der Waals surface area contributed by atoms with E-state index in [0.29, 0.717) is 11.3 Å². The van der Waals surface area contributed by atoms with E-state index in [2.05, 4.69) is 11.1 Å². The Morgan fingerprint density at radius 2 is 2.03 bits per heavy atom. The number of aliphatic hydroxyl groups excluding tert-OH is 1. The van der Waals surface area contributed by atoms with Crippen molar-refractivity contribution < 1.29 is 23.4 Å². The van der Waals surface area contributed by atoms with Gasteiger partial charge in [0.1, 0.15) is 11.5 Å². The van der Waals surface area contributed by atoms with E-state index in [1.807, 2.05) is 18.2 Å². The van der Waals surface area contributed by atoms with Crippen molar-refractivity contribution in [2.24, 2.45) is 23.2 Å². The lowest BCUT2D eigenvalue weighted by molar-refractivity contribution is -0.177. The number of benzene rings is 1. The van der Waals surface area contributed by atoms with Gasteiger partial charge in [0.2, 0.25) is 0 Å². The number of aliphatic hydroxyl groups is 1. The molecule has 1 aromatic heterocycles. The van der Waals surface area contributed by atoms with Crippen LogP contribution in [0.3, 0.4) is 0 Å². The maximum Gasteiger partial charge on any atom is 0.315 e. The Morgan fingerprint density at radius 1 is 1.28 bits per heavy atom. The normalized spacial score (nSPS) is 31.2. The van der Waals surface area contributed by atoms with Crippen molar-refractivity contribution in [2.75, 3.05) is 6.61 Å². The first-order valence-electron chi connectivity index (χ1n) is 10.6. The molecule has 4 rings (SSSR count). The minimum atomic E-state index is -3.12. The van der Waals surface area contributed by atoms with E-state index >= 15 is 0 Å². The van der Waals surface area contributed by atoms with Gasteiger partial charge in [-0.15, -0.1) is 0 Å².